The Bertz CT molecular complexity index is 435. The molecule has 92 valence electrons. The lowest BCUT2D eigenvalue weighted by Crippen LogP contribution is -2.28. The van der Waals surface area contributed by atoms with Crippen molar-refractivity contribution in [2.24, 2.45) is 11.7 Å². The van der Waals surface area contributed by atoms with Crippen LogP contribution in [-0.2, 0) is 4.79 Å². The second-order valence-electron chi connectivity index (χ2n) is 4.30. The molecule has 2 N–H and O–H groups in total. The summed E-state index contributed by atoms with van der Waals surface area (Å²) in [5, 5.41) is -0.0642. The van der Waals surface area contributed by atoms with Crippen molar-refractivity contribution in [2.75, 3.05) is 0 Å². The van der Waals surface area contributed by atoms with E-state index in [2.05, 4.69) is 9.97 Å². The molecule has 1 heterocycles. The fraction of sp³-hybridized carbons (Fsp3) is 0.545. The molecule has 2 rings (SSSR count). The lowest BCUT2D eigenvalue weighted by molar-refractivity contribution is -0.120. The number of nitrogens with zero attached hydrogens (tertiary/aromatic N) is 2. The van der Waals surface area contributed by atoms with Gasteiger partial charge in [0, 0.05) is 0 Å². The first-order valence-corrected chi connectivity index (χ1v) is 5.94. The standard InChI is InChI=1S/C11H13ClFN3O/c12-11-15-5-7(13)9(16-11)8(10(14)17)6-3-1-2-4-6/h5-6,8H,1-4H2,(H2,14,17). The summed E-state index contributed by atoms with van der Waals surface area (Å²) in [7, 11) is 0. The first kappa shape index (κ1) is 12.2. The fourth-order valence-electron chi connectivity index (χ4n) is 2.46. The lowest BCUT2D eigenvalue weighted by atomic mass is 9.87. The quantitative estimate of drug-likeness (QED) is 0.843. The molecular weight excluding hydrogens is 245 g/mol. The number of carbonyl (C=O) groups is 1. The second kappa shape index (κ2) is 4.96. The predicted octanol–water partition coefficient (Wildman–Crippen LogP) is 2.03. The predicted molar refractivity (Wildman–Crippen MR) is 60.9 cm³/mol. The molecule has 0 aliphatic heterocycles. The van der Waals surface area contributed by atoms with E-state index in [0.717, 1.165) is 31.9 Å². The van der Waals surface area contributed by atoms with Crippen molar-refractivity contribution in [1.29, 1.82) is 0 Å². The van der Waals surface area contributed by atoms with E-state index in [0.29, 0.717) is 0 Å². The number of nitrogens with two attached hydrogens (primary N) is 1. The molecule has 0 bridgehead atoms. The Labute approximate surface area is 103 Å². The third kappa shape index (κ3) is 2.54. The van der Waals surface area contributed by atoms with Gasteiger partial charge in [-0.2, -0.15) is 0 Å². The first-order valence-electron chi connectivity index (χ1n) is 5.57. The van der Waals surface area contributed by atoms with Crippen molar-refractivity contribution in [3.8, 4) is 0 Å². The van der Waals surface area contributed by atoms with Crippen LogP contribution >= 0.6 is 11.6 Å². The van der Waals surface area contributed by atoms with Crippen molar-refractivity contribution in [1.82, 2.24) is 9.97 Å². The number of carbonyl (C=O) groups excluding carboxylic acids is 1. The summed E-state index contributed by atoms with van der Waals surface area (Å²) in [6, 6.07) is 0. The zero-order valence-electron chi connectivity index (χ0n) is 9.20. The highest BCUT2D eigenvalue weighted by atomic mass is 35.5. The van der Waals surface area contributed by atoms with Crippen LogP contribution in [-0.4, -0.2) is 15.9 Å². The zero-order valence-corrected chi connectivity index (χ0v) is 9.95. The van der Waals surface area contributed by atoms with Gasteiger partial charge < -0.3 is 5.73 Å². The highest BCUT2D eigenvalue weighted by Crippen LogP contribution is 2.37. The van der Waals surface area contributed by atoms with Crippen molar-refractivity contribution >= 4 is 17.5 Å². The SMILES string of the molecule is NC(=O)C(c1nc(Cl)ncc1F)C1CCCC1. The monoisotopic (exact) mass is 257 g/mol. The van der Waals surface area contributed by atoms with Crippen LogP contribution in [0.15, 0.2) is 6.20 Å². The van der Waals surface area contributed by atoms with E-state index in [1.54, 1.807) is 0 Å². The first-order chi connectivity index (χ1) is 8.09. The molecule has 1 atom stereocenters. The third-order valence-electron chi connectivity index (χ3n) is 3.21. The van der Waals surface area contributed by atoms with Gasteiger partial charge in [0.1, 0.15) is 0 Å². The van der Waals surface area contributed by atoms with Gasteiger partial charge in [0.15, 0.2) is 5.82 Å². The molecular formula is C11H13ClFN3O. The van der Waals surface area contributed by atoms with Crippen LogP contribution < -0.4 is 5.73 Å². The Hall–Kier alpha value is -1.23. The maximum atomic E-state index is 13.6. The molecule has 0 saturated heterocycles. The van der Waals surface area contributed by atoms with Gasteiger partial charge in [-0.15, -0.1) is 0 Å². The van der Waals surface area contributed by atoms with E-state index in [9.17, 15) is 9.18 Å². The lowest BCUT2D eigenvalue weighted by Gasteiger charge is -2.19. The van der Waals surface area contributed by atoms with Gasteiger partial charge >= 0.3 is 0 Å². The molecule has 1 fully saturated rings. The van der Waals surface area contributed by atoms with Crippen LogP contribution in [0.2, 0.25) is 5.28 Å². The normalized spacial score (nSPS) is 18.2. The van der Waals surface area contributed by atoms with Gasteiger partial charge in [-0.05, 0) is 30.4 Å². The number of rotatable bonds is 3. The van der Waals surface area contributed by atoms with Crippen LogP contribution in [0, 0.1) is 11.7 Å². The maximum Gasteiger partial charge on any atom is 0.226 e. The molecule has 1 aromatic rings. The van der Waals surface area contributed by atoms with E-state index in [4.69, 9.17) is 17.3 Å². The molecule has 0 radical (unpaired) electrons. The minimum atomic E-state index is -0.696. The average molecular weight is 258 g/mol. The van der Waals surface area contributed by atoms with Crippen LogP contribution in [0.4, 0.5) is 4.39 Å². The van der Waals surface area contributed by atoms with Crippen LogP contribution in [0.3, 0.4) is 0 Å². The highest BCUT2D eigenvalue weighted by Gasteiger charge is 2.33. The number of halogens is 2. The minimum absolute atomic E-state index is 0.0319. The molecule has 0 spiro atoms. The Morgan fingerprint density at radius 1 is 1.53 bits per heavy atom. The summed E-state index contributed by atoms with van der Waals surface area (Å²) in [6.07, 6.45) is 4.79. The number of amides is 1. The summed E-state index contributed by atoms with van der Waals surface area (Å²) in [5.74, 6) is -1.80. The summed E-state index contributed by atoms with van der Waals surface area (Å²) in [6.45, 7) is 0. The molecule has 6 heteroatoms. The molecule has 1 saturated carbocycles. The fourth-order valence-corrected chi connectivity index (χ4v) is 2.60. The largest absolute Gasteiger partial charge is 0.369 e. The smallest absolute Gasteiger partial charge is 0.226 e. The Kier molecular flexibility index (Phi) is 3.57. The minimum Gasteiger partial charge on any atom is -0.369 e. The number of aromatic nitrogens is 2. The maximum absolute atomic E-state index is 13.6. The summed E-state index contributed by atoms with van der Waals surface area (Å²) in [5.41, 5.74) is 5.39. The van der Waals surface area contributed by atoms with Gasteiger partial charge in [-0.25, -0.2) is 14.4 Å². The number of hydrogen-bond donors (Lipinski definition) is 1. The molecule has 0 aromatic carbocycles. The Morgan fingerprint density at radius 2 is 2.18 bits per heavy atom. The van der Waals surface area contributed by atoms with E-state index in [1.165, 1.54) is 0 Å². The van der Waals surface area contributed by atoms with Gasteiger partial charge in [0.2, 0.25) is 11.2 Å². The van der Waals surface area contributed by atoms with Crippen molar-refractivity contribution in [2.45, 2.75) is 31.6 Å². The van der Waals surface area contributed by atoms with Gasteiger partial charge in [0.25, 0.3) is 0 Å². The highest BCUT2D eigenvalue weighted by molar-refractivity contribution is 6.28. The molecule has 17 heavy (non-hydrogen) atoms. The van der Waals surface area contributed by atoms with E-state index < -0.39 is 17.6 Å². The second-order valence-corrected chi connectivity index (χ2v) is 4.63. The Balaban J connectivity index is 2.37. The molecule has 1 aliphatic rings. The molecule has 1 unspecified atom stereocenters. The van der Waals surface area contributed by atoms with E-state index in [1.807, 2.05) is 0 Å². The zero-order chi connectivity index (χ0) is 12.4. The van der Waals surface area contributed by atoms with Crippen LogP contribution in [0.5, 0.6) is 0 Å². The average Bonchev–Trinajstić information content (AvgIpc) is 2.76. The molecule has 1 aromatic heterocycles. The summed E-state index contributed by atoms with van der Waals surface area (Å²) >= 11 is 5.63. The third-order valence-corrected chi connectivity index (χ3v) is 3.40. The summed E-state index contributed by atoms with van der Waals surface area (Å²) < 4.78 is 13.6. The van der Waals surface area contributed by atoms with Crippen molar-refractivity contribution in [3.63, 3.8) is 0 Å². The van der Waals surface area contributed by atoms with E-state index in [-0.39, 0.29) is 16.9 Å². The van der Waals surface area contributed by atoms with Crippen molar-refractivity contribution in [3.05, 3.63) is 23.0 Å². The number of primary amides is 1. The molecule has 1 aliphatic carbocycles. The van der Waals surface area contributed by atoms with Gasteiger partial charge in [-0.1, -0.05) is 12.8 Å². The molecule has 1 amide bonds. The van der Waals surface area contributed by atoms with Gasteiger partial charge in [0.05, 0.1) is 17.8 Å². The topological polar surface area (TPSA) is 68.9 Å². The number of hydrogen-bond acceptors (Lipinski definition) is 3. The van der Waals surface area contributed by atoms with Crippen molar-refractivity contribution < 1.29 is 9.18 Å². The summed E-state index contributed by atoms with van der Waals surface area (Å²) in [4.78, 5) is 18.9. The Morgan fingerprint density at radius 3 is 2.76 bits per heavy atom. The van der Waals surface area contributed by atoms with Crippen LogP contribution in [0.25, 0.3) is 0 Å². The van der Waals surface area contributed by atoms with Gasteiger partial charge in [-0.3, -0.25) is 4.79 Å². The van der Waals surface area contributed by atoms with Crippen LogP contribution in [0.1, 0.15) is 37.3 Å². The molecule has 4 nitrogen and oxygen atoms in total. The van der Waals surface area contributed by atoms with E-state index >= 15 is 0 Å².